The highest BCUT2D eigenvalue weighted by atomic mass is 19.1. The van der Waals surface area contributed by atoms with Gasteiger partial charge in [0.1, 0.15) is 28.7 Å². The van der Waals surface area contributed by atoms with Crippen LogP contribution in [0.5, 0.6) is 5.75 Å². The Labute approximate surface area is 192 Å². The van der Waals surface area contributed by atoms with Gasteiger partial charge in [-0.2, -0.15) is 0 Å². The molecule has 0 atom stereocenters. The van der Waals surface area contributed by atoms with E-state index in [1.54, 1.807) is 12.1 Å². The highest BCUT2D eigenvalue weighted by molar-refractivity contribution is 5.91. The van der Waals surface area contributed by atoms with Crippen molar-refractivity contribution in [1.82, 2.24) is 9.38 Å². The molecule has 168 valence electrons. The summed E-state index contributed by atoms with van der Waals surface area (Å²) in [6, 6.07) is 17.2. The smallest absolute Gasteiger partial charge is 0.343 e. The molecule has 4 aromatic rings. The molecule has 1 fully saturated rings. The van der Waals surface area contributed by atoms with Crippen molar-refractivity contribution in [2.45, 2.75) is 45.1 Å². The average molecular weight is 444 g/mol. The molecule has 1 saturated carbocycles. The third-order valence-electron chi connectivity index (χ3n) is 6.15. The van der Waals surface area contributed by atoms with E-state index in [0.717, 1.165) is 41.1 Å². The second-order valence-corrected chi connectivity index (χ2v) is 8.64. The Morgan fingerprint density at radius 1 is 1.03 bits per heavy atom. The number of hydrogen-bond donors (Lipinski definition) is 1. The number of ether oxygens (including phenoxy) is 1. The number of esters is 1. The fourth-order valence-electron chi connectivity index (χ4n) is 4.36. The fourth-order valence-corrected chi connectivity index (χ4v) is 4.36. The monoisotopic (exact) mass is 443 g/mol. The van der Waals surface area contributed by atoms with Crippen molar-refractivity contribution in [2.24, 2.45) is 0 Å². The number of imidazole rings is 1. The lowest BCUT2D eigenvalue weighted by Crippen LogP contribution is -2.23. The number of fused-ring (bicyclic) bond motifs is 1. The first-order valence-electron chi connectivity index (χ1n) is 11.4. The Hall–Kier alpha value is -3.67. The van der Waals surface area contributed by atoms with Gasteiger partial charge in [0.15, 0.2) is 0 Å². The number of aryl methyl sites for hydroxylation is 1. The van der Waals surface area contributed by atoms with Gasteiger partial charge in [0.25, 0.3) is 0 Å². The summed E-state index contributed by atoms with van der Waals surface area (Å²) in [6.45, 7) is 2.06. The molecule has 1 aliphatic rings. The molecule has 0 saturated heterocycles. The van der Waals surface area contributed by atoms with E-state index in [-0.39, 0.29) is 0 Å². The van der Waals surface area contributed by atoms with Crippen molar-refractivity contribution in [2.75, 3.05) is 5.32 Å². The molecule has 0 amide bonds. The fraction of sp³-hybridized carbons (Fsp3) is 0.259. The van der Waals surface area contributed by atoms with Crippen LogP contribution >= 0.6 is 0 Å². The van der Waals surface area contributed by atoms with Gasteiger partial charge < -0.3 is 10.1 Å². The Kier molecular flexibility index (Phi) is 5.82. The summed E-state index contributed by atoms with van der Waals surface area (Å²) in [6.07, 6.45) is 8.18. The van der Waals surface area contributed by atoms with E-state index in [2.05, 4.69) is 35.0 Å². The third kappa shape index (κ3) is 4.60. The van der Waals surface area contributed by atoms with E-state index in [4.69, 9.17) is 9.72 Å². The van der Waals surface area contributed by atoms with E-state index < -0.39 is 11.8 Å². The molecule has 1 aliphatic carbocycles. The number of hydrogen-bond acceptors (Lipinski definition) is 4. The van der Waals surface area contributed by atoms with Gasteiger partial charge in [-0.05, 0) is 86.0 Å². The summed E-state index contributed by atoms with van der Waals surface area (Å²) in [5, 5.41) is 3.75. The first-order valence-corrected chi connectivity index (χ1v) is 11.4. The van der Waals surface area contributed by atoms with Crippen LogP contribution in [0.3, 0.4) is 0 Å². The minimum absolute atomic E-state index is 0.301. The van der Waals surface area contributed by atoms with E-state index >= 15 is 0 Å². The lowest BCUT2D eigenvalue weighted by molar-refractivity contribution is 0.0734. The van der Waals surface area contributed by atoms with Gasteiger partial charge in [-0.1, -0.05) is 19.3 Å². The highest BCUT2D eigenvalue weighted by Crippen LogP contribution is 2.32. The molecule has 2 aromatic heterocycles. The van der Waals surface area contributed by atoms with E-state index in [1.165, 1.54) is 43.5 Å². The van der Waals surface area contributed by atoms with Gasteiger partial charge in [0.2, 0.25) is 0 Å². The highest BCUT2D eigenvalue weighted by Gasteiger charge is 2.20. The average Bonchev–Trinajstić information content (AvgIpc) is 3.18. The molecule has 2 aromatic carbocycles. The third-order valence-corrected chi connectivity index (χ3v) is 6.15. The maximum Gasteiger partial charge on any atom is 0.343 e. The number of pyridine rings is 1. The minimum atomic E-state index is -0.523. The lowest BCUT2D eigenvalue weighted by atomic mass is 9.95. The maximum absolute atomic E-state index is 13.1. The first kappa shape index (κ1) is 21.2. The van der Waals surface area contributed by atoms with Gasteiger partial charge in [0, 0.05) is 17.8 Å². The summed E-state index contributed by atoms with van der Waals surface area (Å²) in [5.41, 5.74) is 4.18. The molecule has 6 heteroatoms. The zero-order valence-electron chi connectivity index (χ0n) is 18.6. The summed E-state index contributed by atoms with van der Waals surface area (Å²) in [4.78, 5) is 17.2. The van der Waals surface area contributed by atoms with Crippen LogP contribution in [0.15, 0.2) is 66.9 Å². The van der Waals surface area contributed by atoms with Crippen molar-refractivity contribution in [1.29, 1.82) is 0 Å². The molecule has 0 bridgehead atoms. The van der Waals surface area contributed by atoms with Gasteiger partial charge in [0.05, 0.1) is 5.56 Å². The Morgan fingerprint density at radius 3 is 2.48 bits per heavy atom. The molecule has 0 unspecified atom stereocenters. The van der Waals surface area contributed by atoms with Crippen LogP contribution in [0, 0.1) is 12.7 Å². The SMILES string of the molecule is Cc1ccn2c(NC3CCCCC3)c(-c3ccc(OC(=O)c4ccc(F)cc4)cc3)nc2c1. The van der Waals surface area contributed by atoms with E-state index in [0.29, 0.717) is 17.4 Å². The molecule has 0 aliphatic heterocycles. The molecule has 33 heavy (non-hydrogen) atoms. The van der Waals surface area contributed by atoms with Crippen LogP contribution < -0.4 is 10.1 Å². The minimum Gasteiger partial charge on any atom is -0.423 e. The maximum atomic E-state index is 13.1. The molecular formula is C27H26FN3O2. The Bertz CT molecular complexity index is 1270. The van der Waals surface area contributed by atoms with E-state index in [1.807, 2.05) is 12.1 Å². The van der Waals surface area contributed by atoms with Crippen molar-refractivity contribution >= 4 is 17.4 Å². The van der Waals surface area contributed by atoms with Crippen LogP contribution in [0.1, 0.15) is 48.0 Å². The van der Waals surface area contributed by atoms with Crippen LogP contribution in [-0.4, -0.2) is 21.4 Å². The summed E-state index contributed by atoms with van der Waals surface area (Å²) < 4.78 is 20.7. The molecule has 5 rings (SSSR count). The number of benzene rings is 2. The normalized spacial score (nSPS) is 14.4. The van der Waals surface area contributed by atoms with Crippen molar-refractivity contribution in [3.8, 4) is 17.0 Å². The second-order valence-electron chi connectivity index (χ2n) is 8.64. The van der Waals surface area contributed by atoms with Crippen molar-refractivity contribution < 1.29 is 13.9 Å². The number of nitrogens with one attached hydrogen (secondary N) is 1. The quantitative estimate of drug-likeness (QED) is 0.286. The number of halogens is 1. The predicted octanol–water partition coefficient (Wildman–Crippen LogP) is 6.41. The summed E-state index contributed by atoms with van der Waals surface area (Å²) in [7, 11) is 0. The largest absolute Gasteiger partial charge is 0.423 e. The number of aromatic nitrogens is 2. The Morgan fingerprint density at radius 2 is 1.76 bits per heavy atom. The first-order chi connectivity index (χ1) is 16.1. The zero-order valence-corrected chi connectivity index (χ0v) is 18.6. The van der Waals surface area contributed by atoms with Crippen LogP contribution in [0.4, 0.5) is 10.2 Å². The van der Waals surface area contributed by atoms with Gasteiger partial charge >= 0.3 is 5.97 Å². The van der Waals surface area contributed by atoms with E-state index in [9.17, 15) is 9.18 Å². The summed E-state index contributed by atoms with van der Waals surface area (Å²) >= 11 is 0. The molecule has 1 N–H and O–H groups in total. The van der Waals surface area contributed by atoms with Crippen molar-refractivity contribution in [3.63, 3.8) is 0 Å². The standard InChI is InChI=1S/C27H26FN3O2/c1-18-15-16-31-24(17-18)30-25(26(31)29-22-5-3-2-4-6-22)19-9-13-23(14-10-19)33-27(32)20-7-11-21(28)12-8-20/h7-17,22,29H,2-6H2,1H3. The number of anilines is 1. The number of nitrogens with zero attached hydrogens (tertiary/aromatic N) is 2. The van der Waals surface area contributed by atoms with Crippen LogP contribution in [-0.2, 0) is 0 Å². The van der Waals surface area contributed by atoms with Crippen molar-refractivity contribution in [3.05, 3.63) is 83.8 Å². The van der Waals surface area contributed by atoms with Crippen LogP contribution in [0.25, 0.3) is 16.9 Å². The molecular weight excluding hydrogens is 417 g/mol. The van der Waals surface area contributed by atoms with Crippen LogP contribution in [0.2, 0.25) is 0 Å². The Balaban J connectivity index is 1.42. The number of carbonyl (C=O) groups excluding carboxylic acids is 1. The lowest BCUT2D eigenvalue weighted by Gasteiger charge is -2.24. The molecule has 0 radical (unpaired) electrons. The van der Waals surface area contributed by atoms with Gasteiger partial charge in [-0.15, -0.1) is 0 Å². The summed E-state index contributed by atoms with van der Waals surface area (Å²) in [5.74, 6) is 0.504. The topological polar surface area (TPSA) is 55.6 Å². The molecule has 2 heterocycles. The zero-order chi connectivity index (χ0) is 22.8. The number of rotatable bonds is 5. The predicted molar refractivity (Wildman–Crippen MR) is 127 cm³/mol. The second kappa shape index (κ2) is 9.06. The molecule has 0 spiro atoms. The van der Waals surface area contributed by atoms with Gasteiger partial charge in [-0.3, -0.25) is 4.40 Å². The van der Waals surface area contributed by atoms with Gasteiger partial charge in [-0.25, -0.2) is 14.2 Å². The molecule has 5 nitrogen and oxygen atoms in total. The number of carbonyl (C=O) groups is 1.